The first kappa shape index (κ1) is 7.17. The Labute approximate surface area is 69.4 Å². The maximum atomic E-state index is 5.94. The molecule has 0 aromatic rings. The van der Waals surface area contributed by atoms with Crippen LogP contribution in [0.4, 0.5) is 0 Å². The number of alkyl halides is 2. The van der Waals surface area contributed by atoms with Gasteiger partial charge in [-0.3, -0.25) is 0 Å². The third kappa shape index (κ3) is 1.26. The van der Waals surface area contributed by atoms with E-state index in [9.17, 15) is 0 Å². The largest absolute Gasteiger partial charge is 0.371 e. The zero-order valence-electron chi connectivity index (χ0n) is 5.30. The summed E-state index contributed by atoms with van der Waals surface area (Å²) in [6.07, 6.45) is 0.542. The molecule has 2 saturated heterocycles. The zero-order valence-corrected chi connectivity index (χ0v) is 6.81. The molecule has 0 bridgehead atoms. The molecule has 2 aliphatic heterocycles. The molecule has 0 N–H and O–H groups in total. The number of ether oxygens (including phenoxy) is 2. The fraction of sp³-hybridized carbons (Fsp3) is 1.00. The fourth-order valence-corrected chi connectivity index (χ4v) is 1.63. The SMILES string of the molecule is ClCC1OC1C(Cl)C1CO1. The summed E-state index contributed by atoms with van der Waals surface area (Å²) in [4.78, 5) is 0. The molecular formula is C6H8Cl2O2. The molecule has 0 saturated carbocycles. The van der Waals surface area contributed by atoms with Crippen LogP contribution in [0.5, 0.6) is 0 Å². The molecule has 0 aromatic heterocycles. The van der Waals surface area contributed by atoms with Gasteiger partial charge in [0.2, 0.25) is 0 Å². The van der Waals surface area contributed by atoms with Gasteiger partial charge in [0.1, 0.15) is 6.10 Å². The summed E-state index contributed by atoms with van der Waals surface area (Å²) in [6.45, 7) is 0.781. The van der Waals surface area contributed by atoms with E-state index in [2.05, 4.69) is 0 Å². The molecule has 2 heterocycles. The van der Waals surface area contributed by atoms with Crippen molar-refractivity contribution < 1.29 is 9.47 Å². The molecule has 0 spiro atoms. The quantitative estimate of drug-likeness (QED) is 0.481. The molecule has 0 amide bonds. The molecule has 2 fully saturated rings. The molecule has 4 unspecified atom stereocenters. The smallest absolute Gasteiger partial charge is 0.104 e. The van der Waals surface area contributed by atoms with Crippen molar-refractivity contribution in [3.05, 3.63) is 0 Å². The Morgan fingerprint density at radius 1 is 1.60 bits per heavy atom. The Kier molecular flexibility index (Phi) is 1.81. The third-order valence-corrected chi connectivity index (χ3v) is 2.64. The van der Waals surface area contributed by atoms with Gasteiger partial charge in [0.25, 0.3) is 0 Å². The Hall–Kier alpha value is 0.500. The van der Waals surface area contributed by atoms with Gasteiger partial charge in [0.15, 0.2) is 0 Å². The lowest BCUT2D eigenvalue weighted by Gasteiger charge is -1.97. The average Bonchev–Trinajstić information content (AvgIpc) is 2.83. The van der Waals surface area contributed by atoms with Crippen molar-refractivity contribution in [1.82, 2.24) is 0 Å². The normalized spacial score (nSPS) is 46.8. The summed E-state index contributed by atoms with van der Waals surface area (Å²) in [5, 5.41) is 0.0174. The van der Waals surface area contributed by atoms with E-state index in [4.69, 9.17) is 32.7 Å². The molecule has 2 rings (SSSR count). The molecule has 0 aliphatic carbocycles. The molecule has 0 aromatic carbocycles. The highest BCUT2D eigenvalue weighted by molar-refractivity contribution is 6.22. The van der Waals surface area contributed by atoms with Crippen LogP contribution in [-0.4, -0.2) is 36.2 Å². The van der Waals surface area contributed by atoms with E-state index < -0.39 is 0 Å². The highest BCUT2D eigenvalue weighted by Gasteiger charge is 2.50. The van der Waals surface area contributed by atoms with E-state index in [0.29, 0.717) is 5.88 Å². The molecule has 2 nitrogen and oxygen atoms in total. The Balaban J connectivity index is 1.78. The van der Waals surface area contributed by atoms with Gasteiger partial charge in [-0.15, -0.1) is 23.2 Å². The lowest BCUT2D eigenvalue weighted by molar-refractivity contribution is 0.339. The number of hydrogen-bond acceptors (Lipinski definition) is 2. The van der Waals surface area contributed by atoms with Gasteiger partial charge >= 0.3 is 0 Å². The minimum Gasteiger partial charge on any atom is -0.371 e. The van der Waals surface area contributed by atoms with Crippen molar-refractivity contribution in [2.45, 2.75) is 23.7 Å². The predicted octanol–water partition coefficient (Wildman–Crippen LogP) is 0.999. The third-order valence-electron chi connectivity index (χ3n) is 1.80. The highest BCUT2D eigenvalue weighted by Crippen LogP contribution is 2.35. The second-order valence-electron chi connectivity index (χ2n) is 2.61. The van der Waals surface area contributed by atoms with E-state index in [1.807, 2.05) is 0 Å². The molecule has 4 atom stereocenters. The fourth-order valence-electron chi connectivity index (χ4n) is 1.01. The van der Waals surface area contributed by atoms with E-state index in [1.165, 1.54) is 0 Å². The van der Waals surface area contributed by atoms with Crippen LogP contribution in [0.15, 0.2) is 0 Å². The monoisotopic (exact) mass is 182 g/mol. The average molecular weight is 183 g/mol. The van der Waals surface area contributed by atoms with Crippen LogP contribution in [0.1, 0.15) is 0 Å². The van der Waals surface area contributed by atoms with Crippen LogP contribution in [-0.2, 0) is 9.47 Å². The summed E-state index contributed by atoms with van der Waals surface area (Å²) in [6, 6.07) is 0. The first-order chi connectivity index (χ1) is 4.83. The summed E-state index contributed by atoms with van der Waals surface area (Å²) in [7, 11) is 0. The van der Waals surface area contributed by atoms with Gasteiger partial charge in [0.05, 0.1) is 30.1 Å². The Bertz CT molecular complexity index is 138. The lowest BCUT2D eigenvalue weighted by atomic mass is 10.2. The van der Waals surface area contributed by atoms with Gasteiger partial charge in [-0.2, -0.15) is 0 Å². The molecule has 4 heteroatoms. The van der Waals surface area contributed by atoms with Gasteiger partial charge in [-0.05, 0) is 0 Å². The van der Waals surface area contributed by atoms with Gasteiger partial charge < -0.3 is 9.47 Å². The van der Waals surface area contributed by atoms with Crippen LogP contribution < -0.4 is 0 Å². The first-order valence-corrected chi connectivity index (χ1v) is 4.27. The van der Waals surface area contributed by atoms with Gasteiger partial charge in [0, 0.05) is 0 Å². The van der Waals surface area contributed by atoms with Crippen LogP contribution in [0, 0.1) is 0 Å². The maximum Gasteiger partial charge on any atom is 0.104 e. The number of hydrogen-bond donors (Lipinski definition) is 0. The summed E-state index contributed by atoms with van der Waals surface area (Å²) < 4.78 is 10.2. The second-order valence-corrected chi connectivity index (χ2v) is 3.42. The maximum absolute atomic E-state index is 5.94. The predicted molar refractivity (Wildman–Crippen MR) is 38.8 cm³/mol. The second kappa shape index (κ2) is 2.52. The zero-order chi connectivity index (χ0) is 7.14. The Morgan fingerprint density at radius 3 is 2.70 bits per heavy atom. The van der Waals surface area contributed by atoms with Crippen LogP contribution in [0.25, 0.3) is 0 Å². The van der Waals surface area contributed by atoms with E-state index in [0.717, 1.165) is 6.61 Å². The lowest BCUT2D eigenvalue weighted by Crippen LogP contribution is -2.17. The standard InChI is InChI=1S/C6H8Cl2O2/c7-1-3-6(10-3)5(8)4-2-9-4/h3-6H,1-2H2. The van der Waals surface area contributed by atoms with Gasteiger partial charge in [-0.1, -0.05) is 0 Å². The summed E-state index contributed by atoms with van der Waals surface area (Å²) in [5.41, 5.74) is 0. The van der Waals surface area contributed by atoms with Crippen molar-refractivity contribution in [3.63, 3.8) is 0 Å². The molecule has 58 valence electrons. The van der Waals surface area contributed by atoms with Crippen molar-refractivity contribution >= 4 is 23.2 Å². The first-order valence-electron chi connectivity index (χ1n) is 3.30. The van der Waals surface area contributed by atoms with Crippen molar-refractivity contribution in [1.29, 1.82) is 0 Å². The Morgan fingerprint density at radius 2 is 2.30 bits per heavy atom. The van der Waals surface area contributed by atoms with Crippen LogP contribution in [0.2, 0.25) is 0 Å². The topological polar surface area (TPSA) is 25.1 Å². The molecule has 2 aliphatic rings. The molecule has 0 radical (unpaired) electrons. The highest BCUT2D eigenvalue weighted by atomic mass is 35.5. The summed E-state index contributed by atoms with van der Waals surface area (Å²) in [5.74, 6) is 0.542. The van der Waals surface area contributed by atoms with Gasteiger partial charge in [-0.25, -0.2) is 0 Å². The summed E-state index contributed by atoms with van der Waals surface area (Å²) >= 11 is 11.5. The minimum absolute atomic E-state index is 0.0174. The minimum atomic E-state index is 0.0174. The van der Waals surface area contributed by atoms with Crippen molar-refractivity contribution in [3.8, 4) is 0 Å². The van der Waals surface area contributed by atoms with Crippen molar-refractivity contribution in [2.24, 2.45) is 0 Å². The van der Waals surface area contributed by atoms with Crippen LogP contribution >= 0.6 is 23.2 Å². The van der Waals surface area contributed by atoms with Crippen LogP contribution in [0.3, 0.4) is 0 Å². The molecule has 10 heavy (non-hydrogen) atoms. The number of rotatable bonds is 3. The number of halogens is 2. The van der Waals surface area contributed by atoms with E-state index in [-0.39, 0.29) is 23.7 Å². The number of epoxide rings is 2. The molecular weight excluding hydrogens is 175 g/mol. The van der Waals surface area contributed by atoms with Crippen molar-refractivity contribution in [2.75, 3.05) is 12.5 Å². The van der Waals surface area contributed by atoms with E-state index in [1.54, 1.807) is 0 Å². The van der Waals surface area contributed by atoms with E-state index >= 15 is 0 Å².